The Labute approximate surface area is 104 Å². The molecular weight excluding hydrogens is 279 g/mol. The molecule has 0 unspecified atom stereocenters. The first-order valence-corrected chi connectivity index (χ1v) is 6.07. The number of rotatable bonds is 6. The highest BCUT2D eigenvalue weighted by Gasteiger charge is 2.01. The summed E-state index contributed by atoms with van der Waals surface area (Å²) in [5.41, 5.74) is 1.04. The van der Waals surface area contributed by atoms with Gasteiger partial charge in [-0.05, 0) is 23.8 Å². The molecule has 0 N–H and O–H groups in total. The van der Waals surface area contributed by atoms with E-state index in [1.54, 1.807) is 7.11 Å². The summed E-state index contributed by atoms with van der Waals surface area (Å²) >= 11 is 9.21. The molecule has 15 heavy (non-hydrogen) atoms. The molecule has 0 spiro atoms. The van der Waals surface area contributed by atoms with Crippen LogP contribution in [0.25, 0.3) is 0 Å². The number of hydrogen-bond acceptors (Lipinski definition) is 2. The van der Waals surface area contributed by atoms with Crippen LogP contribution < -0.4 is 4.74 Å². The molecule has 1 aromatic rings. The zero-order valence-corrected chi connectivity index (χ0v) is 11.0. The largest absolute Gasteiger partial charge is 0.493 e. The van der Waals surface area contributed by atoms with Crippen molar-refractivity contribution >= 4 is 27.5 Å². The summed E-state index contributed by atoms with van der Waals surface area (Å²) in [5, 5.41) is 0. The molecule has 4 heteroatoms. The van der Waals surface area contributed by atoms with Crippen LogP contribution in [-0.4, -0.2) is 20.3 Å². The molecule has 0 amide bonds. The van der Waals surface area contributed by atoms with Crippen LogP contribution in [0.4, 0.5) is 0 Å². The maximum atomic E-state index is 5.78. The minimum Gasteiger partial charge on any atom is -0.493 e. The van der Waals surface area contributed by atoms with Crippen LogP contribution in [0.3, 0.4) is 0 Å². The third-order valence-corrected chi connectivity index (χ3v) is 2.98. The number of benzene rings is 1. The summed E-state index contributed by atoms with van der Waals surface area (Å²) in [7, 11) is 1.69. The molecule has 2 nitrogen and oxygen atoms in total. The molecule has 1 rings (SSSR count). The molecule has 0 bridgehead atoms. The lowest BCUT2D eigenvalue weighted by Gasteiger charge is -2.08. The zero-order valence-electron chi connectivity index (χ0n) is 8.63. The molecule has 1 aromatic carbocycles. The van der Waals surface area contributed by atoms with Crippen LogP contribution in [0.5, 0.6) is 5.75 Å². The minimum atomic E-state index is 0.482. The lowest BCUT2D eigenvalue weighted by molar-refractivity contribution is 0.172. The Morgan fingerprint density at radius 2 is 2.13 bits per heavy atom. The Morgan fingerprint density at radius 1 is 1.33 bits per heavy atom. The van der Waals surface area contributed by atoms with Crippen molar-refractivity contribution in [2.24, 2.45) is 0 Å². The molecule has 0 heterocycles. The lowest BCUT2D eigenvalue weighted by atomic mass is 10.2. The van der Waals surface area contributed by atoms with Gasteiger partial charge >= 0.3 is 0 Å². The van der Waals surface area contributed by atoms with Crippen molar-refractivity contribution in [3.63, 3.8) is 0 Å². The first-order valence-electron chi connectivity index (χ1n) is 4.74. The van der Waals surface area contributed by atoms with Crippen molar-refractivity contribution in [3.05, 3.63) is 28.2 Å². The Kier molecular flexibility index (Phi) is 6.06. The van der Waals surface area contributed by atoms with Crippen molar-refractivity contribution in [2.45, 2.75) is 12.3 Å². The molecule has 0 aliphatic heterocycles. The summed E-state index contributed by atoms with van der Waals surface area (Å²) in [4.78, 5) is 0. The second kappa shape index (κ2) is 7.09. The van der Waals surface area contributed by atoms with Gasteiger partial charge < -0.3 is 9.47 Å². The smallest absolute Gasteiger partial charge is 0.119 e. The van der Waals surface area contributed by atoms with E-state index in [0.717, 1.165) is 28.8 Å². The van der Waals surface area contributed by atoms with Crippen molar-refractivity contribution < 1.29 is 9.47 Å². The monoisotopic (exact) mass is 292 g/mol. The Bertz CT molecular complexity index is 305. The minimum absolute atomic E-state index is 0.482. The van der Waals surface area contributed by atoms with Crippen molar-refractivity contribution in [2.75, 3.05) is 20.3 Å². The van der Waals surface area contributed by atoms with Gasteiger partial charge in [-0.15, -0.1) is 11.6 Å². The van der Waals surface area contributed by atoms with Gasteiger partial charge in [0.1, 0.15) is 5.75 Å². The molecule has 84 valence electrons. The maximum absolute atomic E-state index is 5.78. The molecule has 0 atom stereocenters. The number of methoxy groups -OCH3 is 1. The Morgan fingerprint density at radius 3 is 2.80 bits per heavy atom. The summed E-state index contributed by atoms with van der Waals surface area (Å²) < 4.78 is 11.5. The van der Waals surface area contributed by atoms with E-state index in [-0.39, 0.29) is 0 Å². The van der Waals surface area contributed by atoms with Gasteiger partial charge in [-0.2, -0.15) is 0 Å². The van der Waals surface area contributed by atoms with E-state index >= 15 is 0 Å². The lowest BCUT2D eigenvalue weighted by Crippen LogP contribution is -2.01. The highest BCUT2D eigenvalue weighted by molar-refractivity contribution is 9.10. The quantitative estimate of drug-likeness (QED) is 0.589. The molecule has 0 saturated carbocycles. The highest BCUT2D eigenvalue weighted by Crippen LogP contribution is 2.23. The van der Waals surface area contributed by atoms with Gasteiger partial charge in [-0.3, -0.25) is 0 Å². The van der Waals surface area contributed by atoms with Gasteiger partial charge in [0.05, 0.1) is 6.61 Å². The van der Waals surface area contributed by atoms with E-state index in [9.17, 15) is 0 Å². The molecule has 0 saturated heterocycles. The average Bonchev–Trinajstić information content (AvgIpc) is 2.26. The van der Waals surface area contributed by atoms with E-state index in [2.05, 4.69) is 15.9 Å². The summed E-state index contributed by atoms with van der Waals surface area (Å²) in [6.45, 7) is 1.39. The summed E-state index contributed by atoms with van der Waals surface area (Å²) in [5.74, 6) is 1.33. The van der Waals surface area contributed by atoms with Crippen LogP contribution in [0.1, 0.15) is 12.0 Å². The molecule has 0 aliphatic rings. The second-order valence-corrected chi connectivity index (χ2v) is 4.20. The SMILES string of the molecule is COCCCOc1ccc(Br)c(CCl)c1. The van der Waals surface area contributed by atoms with E-state index in [1.165, 1.54) is 0 Å². The number of ether oxygens (including phenoxy) is 2. The fraction of sp³-hybridized carbons (Fsp3) is 0.455. The second-order valence-electron chi connectivity index (χ2n) is 3.08. The van der Waals surface area contributed by atoms with Crippen molar-refractivity contribution in [1.29, 1.82) is 0 Å². The van der Waals surface area contributed by atoms with Gasteiger partial charge in [-0.25, -0.2) is 0 Å². The van der Waals surface area contributed by atoms with Gasteiger partial charge in [0.15, 0.2) is 0 Å². The standard InChI is InChI=1S/C11H14BrClO2/c1-14-5-2-6-15-10-3-4-11(12)9(7-10)8-13/h3-4,7H,2,5-6,8H2,1H3. The molecular formula is C11H14BrClO2. The fourth-order valence-corrected chi connectivity index (χ4v) is 1.91. The van der Waals surface area contributed by atoms with E-state index in [4.69, 9.17) is 21.1 Å². The molecule has 0 aromatic heterocycles. The zero-order chi connectivity index (χ0) is 11.1. The van der Waals surface area contributed by atoms with Crippen molar-refractivity contribution in [1.82, 2.24) is 0 Å². The Hall–Kier alpha value is -0.250. The van der Waals surface area contributed by atoms with Crippen LogP contribution in [0.15, 0.2) is 22.7 Å². The van der Waals surface area contributed by atoms with Crippen LogP contribution in [0, 0.1) is 0 Å². The normalized spacial score (nSPS) is 10.3. The fourth-order valence-electron chi connectivity index (χ4n) is 1.14. The highest BCUT2D eigenvalue weighted by atomic mass is 79.9. The average molecular weight is 294 g/mol. The van der Waals surface area contributed by atoms with Crippen LogP contribution in [-0.2, 0) is 10.6 Å². The molecule has 0 aliphatic carbocycles. The topological polar surface area (TPSA) is 18.5 Å². The van der Waals surface area contributed by atoms with Crippen LogP contribution >= 0.6 is 27.5 Å². The van der Waals surface area contributed by atoms with Crippen LogP contribution in [0.2, 0.25) is 0 Å². The van der Waals surface area contributed by atoms with Gasteiger partial charge in [-0.1, -0.05) is 15.9 Å². The van der Waals surface area contributed by atoms with Gasteiger partial charge in [0.25, 0.3) is 0 Å². The van der Waals surface area contributed by atoms with E-state index < -0.39 is 0 Å². The van der Waals surface area contributed by atoms with Gasteiger partial charge in [0, 0.05) is 30.5 Å². The van der Waals surface area contributed by atoms with Crippen molar-refractivity contribution in [3.8, 4) is 5.75 Å². The van der Waals surface area contributed by atoms with E-state index in [1.807, 2.05) is 18.2 Å². The number of halogens is 2. The third-order valence-electron chi connectivity index (χ3n) is 1.92. The van der Waals surface area contributed by atoms with Gasteiger partial charge in [0.2, 0.25) is 0 Å². The summed E-state index contributed by atoms with van der Waals surface area (Å²) in [6, 6.07) is 5.82. The number of alkyl halides is 1. The Balaban J connectivity index is 2.47. The number of hydrogen-bond donors (Lipinski definition) is 0. The third kappa shape index (κ3) is 4.41. The predicted molar refractivity (Wildman–Crippen MR) is 65.7 cm³/mol. The first kappa shape index (κ1) is 12.8. The first-order chi connectivity index (χ1) is 7.27. The molecule has 0 fully saturated rings. The maximum Gasteiger partial charge on any atom is 0.119 e. The summed E-state index contributed by atoms with van der Waals surface area (Å²) in [6.07, 6.45) is 0.892. The van der Waals surface area contributed by atoms with E-state index in [0.29, 0.717) is 12.5 Å². The predicted octanol–water partition coefficient (Wildman–Crippen LogP) is 3.60. The molecule has 0 radical (unpaired) electrons.